The van der Waals surface area contributed by atoms with Gasteiger partial charge in [-0.2, -0.15) is 0 Å². The van der Waals surface area contributed by atoms with Crippen molar-refractivity contribution in [1.29, 1.82) is 0 Å². The molecule has 1 aromatic carbocycles. The highest BCUT2D eigenvalue weighted by Crippen LogP contribution is 2.44. The third-order valence-corrected chi connectivity index (χ3v) is 7.75. The SMILES string of the molecule is CC1=C(N2CCC3(CCN(CC(O)c4ccc(-n5cnnn5)cc4C)CC3)C2=O)CCC1=O. The van der Waals surface area contributed by atoms with Crippen LogP contribution in [0, 0.1) is 12.3 Å². The lowest BCUT2D eigenvalue weighted by Crippen LogP contribution is -2.45. The molecule has 1 aliphatic carbocycles. The highest BCUT2D eigenvalue weighted by atomic mass is 16.3. The van der Waals surface area contributed by atoms with Crippen molar-refractivity contribution in [2.24, 2.45) is 5.41 Å². The molecule has 0 bridgehead atoms. The first-order chi connectivity index (χ1) is 15.9. The van der Waals surface area contributed by atoms with Gasteiger partial charge >= 0.3 is 0 Å². The van der Waals surface area contributed by atoms with E-state index >= 15 is 0 Å². The average Bonchev–Trinajstić information content (AvgIpc) is 3.53. The number of carbonyl (C=O) groups excluding carboxylic acids is 2. The van der Waals surface area contributed by atoms with E-state index in [2.05, 4.69) is 20.4 Å². The summed E-state index contributed by atoms with van der Waals surface area (Å²) in [6, 6.07) is 5.80. The van der Waals surface area contributed by atoms with E-state index in [-0.39, 0.29) is 17.1 Å². The van der Waals surface area contributed by atoms with Crippen molar-refractivity contribution in [3.05, 3.63) is 46.9 Å². The van der Waals surface area contributed by atoms with Crippen LogP contribution in [0.5, 0.6) is 0 Å². The zero-order chi connectivity index (χ0) is 23.2. The summed E-state index contributed by atoms with van der Waals surface area (Å²) in [4.78, 5) is 29.4. The van der Waals surface area contributed by atoms with Gasteiger partial charge in [0.25, 0.3) is 0 Å². The summed E-state index contributed by atoms with van der Waals surface area (Å²) in [5.74, 6) is 0.365. The molecule has 1 unspecified atom stereocenters. The largest absolute Gasteiger partial charge is 0.387 e. The number of allylic oxidation sites excluding steroid dienone is 2. The minimum Gasteiger partial charge on any atom is -0.387 e. The summed E-state index contributed by atoms with van der Waals surface area (Å²) < 4.78 is 1.59. The first-order valence-corrected chi connectivity index (χ1v) is 11.7. The third kappa shape index (κ3) is 3.89. The van der Waals surface area contributed by atoms with Crippen LogP contribution >= 0.6 is 0 Å². The lowest BCUT2D eigenvalue weighted by Gasteiger charge is -2.39. The van der Waals surface area contributed by atoms with Crippen molar-refractivity contribution in [2.45, 2.75) is 52.1 Å². The summed E-state index contributed by atoms with van der Waals surface area (Å²) in [5.41, 5.74) is 4.13. The fraction of sp³-hybridized carbons (Fsp3) is 0.542. The molecule has 0 radical (unpaired) electrons. The molecule has 2 aliphatic heterocycles. The van der Waals surface area contributed by atoms with E-state index in [1.807, 2.05) is 36.9 Å². The number of rotatable bonds is 5. The summed E-state index contributed by atoms with van der Waals surface area (Å²) in [5, 5.41) is 22.2. The summed E-state index contributed by atoms with van der Waals surface area (Å²) >= 11 is 0. The number of carbonyl (C=O) groups is 2. The number of Topliss-reactive ketones (excluding diaryl/α,β-unsaturated/α-hetero) is 1. The minimum atomic E-state index is -0.602. The second kappa shape index (κ2) is 8.46. The van der Waals surface area contributed by atoms with E-state index in [0.29, 0.717) is 25.9 Å². The van der Waals surface area contributed by atoms with Crippen LogP contribution < -0.4 is 0 Å². The molecule has 1 amide bonds. The van der Waals surface area contributed by atoms with E-state index < -0.39 is 6.10 Å². The van der Waals surface area contributed by atoms with E-state index in [1.54, 1.807) is 11.0 Å². The highest BCUT2D eigenvalue weighted by molar-refractivity contribution is 5.99. The van der Waals surface area contributed by atoms with Crippen LogP contribution in [-0.2, 0) is 9.59 Å². The van der Waals surface area contributed by atoms with Gasteiger partial charge in [-0.1, -0.05) is 6.07 Å². The van der Waals surface area contributed by atoms with Gasteiger partial charge in [0.05, 0.1) is 17.2 Å². The molecule has 9 nitrogen and oxygen atoms in total. The molecule has 1 aromatic heterocycles. The zero-order valence-corrected chi connectivity index (χ0v) is 19.2. The number of β-amino-alcohol motifs (C(OH)–C–C–N with tert-alkyl or cyclic N) is 1. The number of amides is 1. The Morgan fingerprint density at radius 1 is 1.09 bits per heavy atom. The highest BCUT2D eigenvalue weighted by Gasteiger charge is 2.49. The predicted octanol–water partition coefficient (Wildman–Crippen LogP) is 1.96. The molecule has 2 aromatic rings. The van der Waals surface area contributed by atoms with E-state index in [0.717, 1.165) is 60.4 Å². The number of aryl methyl sites for hydroxylation is 1. The van der Waals surface area contributed by atoms with E-state index in [9.17, 15) is 14.7 Å². The Labute approximate surface area is 193 Å². The number of hydrogen-bond acceptors (Lipinski definition) is 7. The Morgan fingerprint density at radius 3 is 2.48 bits per heavy atom. The number of aliphatic hydroxyl groups excluding tert-OH is 1. The second-order valence-corrected chi connectivity index (χ2v) is 9.59. The number of likely N-dealkylation sites (tertiary alicyclic amines) is 2. The van der Waals surface area contributed by atoms with Gasteiger partial charge in [0.1, 0.15) is 6.33 Å². The molecule has 33 heavy (non-hydrogen) atoms. The standard InChI is InChI=1S/C24H30N6O3/c1-16-13-18(30-15-25-26-27-30)3-4-19(16)22(32)14-28-10-7-24(8-11-28)9-12-29(23(24)33)20-5-6-21(31)17(20)2/h3-4,13,15,22,32H,5-12,14H2,1-2H3. The molecule has 5 rings (SSSR count). The van der Waals surface area contributed by atoms with E-state index in [4.69, 9.17) is 0 Å². The molecule has 174 valence electrons. The minimum absolute atomic E-state index is 0.170. The Hall–Kier alpha value is -2.91. The molecule has 0 saturated carbocycles. The lowest BCUT2D eigenvalue weighted by molar-refractivity contribution is -0.137. The molecule has 2 saturated heterocycles. The maximum absolute atomic E-state index is 13.3. The fourth-order valence-corrected chi connectivity index (χ4v) is 5.61. The van der Waals surface area contributed by atoms with Gasteiger partial charge in [-0.05, 0) is 86.3 Å². The molecule has 3 aliphatic rings. The molecular weight excluding hydrogens is 420 g/mol. The van der Waals surface area contributed by atoms with Crippen LogP contribution in [0.15, 0.2) is 35.8 Å². The number of ketones is 1. The summed E-state index contributed by atoms with van der Waals surface area (Å²) in [6.07, 6.45) is 4.61. The van der Waals surface area contributed by atoms with Gasteiger partial charge in [-0.15, -0.1) is 5.10 Å². The monoisotopic (exact) mass is 450 g/mol. The lowest BCUT2D eigenvalue weighted by atomic mass is 9.77. The first kappa shape index (κ1) is 21.9. The van der Waals surface area contributed by atoms with Gasteiger partial charge in [-0.25, -0.2) is 4.68 Å². The van der Waals surface area contributed by atoms with Gasteiger partial charge in [-0.3, -0.25) is 9.59 Å². The van der Waals surface area contributed by atoms with Crippen LogP contribution in [0.25, 0.3) is 5.69 Å². The fourth-order valence-electron chi connectivity index (χ4n) is 5.61. The smallest absolute Gasteiger partial charge is 0.233 e. The van der Waals surface area contributed by atoms with Crippen molar-refractivity contribution >= 4 is 11.7 Å². The molecule has 1 atom stereocenters. The number of piperidine rings is 1. The van der Waals surface area contributed by atoms with Crippen molar-refractivity contribution in [1.82, 2.24) is 30.0 Å². The van der Waals surface area contributed by atoms with Crippen molar-refractivity contribution in [2.75, 3.05) is 26.2 Å². The number of aliphatic hydroxyl groups is 1. The molecule has 2 fully saturated rings. The quantitative estimate of drug-likeness (QED) is 0.742. The van der Waals surface area contributed by atoms with Crippen LogP contribution in [0.2, 0.25) is 0 Å². The Morgan fingerprint density at radius 2 is 1.85 bits per heavy atom. The topological polar surface area (TPSA) is 104 Å². The van der Waals surface area contributed by atoms with Crippen LogP contribution in [-0.4, -0.2) is 73.0 Å². The summed E-state index contributed by atoms with van der Waals surface area (Å²) in [7, 11) is 0. The Balaban J connectivity index is 1.21. The van der Waals surface area contributed by atoms with Gasteiger partial charge in [0, 0.05) is 30.8 Å². The molecular formula is C24H30N6O3. The Kier molecular flexibility index (Phi) is 5.62. The van der Waals surface area contributed by atoms with Crippen molar-refractivity contribution < 1.29 is 14.7 Å². The number of hydrogen-bond donors (Lipinski definition) is 1. The maximum Gasteiger partial charge on any atom is 0.233 e. The maximum atomic E-state index is 13.3. The molecule has 1 spiro atoms. The summed E-state index contributed by atoms with van der Waals surface area (Å²) in [6.45, 7) is 6.66. The van der Waals surface area contributed by atoms with Crippen LogP contribution in [0.4, 0.5) is 0 Å². The molecule has 1 N–H and O–H groups in total. The van der Waals surface area contributed by atoms with E-state index in [1.165, 1.54) is 0 Å². The first-order valence-electron chi connectivity index (χ1n) is 11.7. The number of aromatic nitrogens is 4. The Bertz CT molecular complexity index is 1100. The van der Waals surface area contributed by atoms with Gasteiger partial charge in [0.2, 0.25) is 5.91 Å². The number of benzene rings is 1. The van der Waals surface area contributed by atoms with Crippen LogP contribution in [0.3, 0.4) is 0 Å². The van der Waals surface area contributed by atoms with Crippen molar-refractivity contribution in [3.63, 3.8) is 0 Å². The number of nitrogens with zero attached hydrogens (tertiary/aromatic N) is 6. The zero-order valence-electron chi connectivity index (χ0n) is 19.2. The molecule has 9 heteroatoms. The van der Waals surface area contributed by atoms with Gasteiger partial charge < -0.3 is 14.9 Å². The van der Waals surface area contributed by atoms with Crippen molar-refractivity contribution in [3.8, 4) is 5.69 Å². The second-order valence-electron chi connectivity index (χ2n) is 9.59. The third-order valence-electron chi connectivity index (χ3n) is 7.75. The predicted molar refractivity (Wildman–Crippen MR) is 120 cm³/mol. The van der Waals surface area contributed by atoms with Crippen LogP contribution in [0.1, 0.15) is 56.3 Å². The average molecular weight is 451 g/mol. The van der Waals surface area contributed by atoms with Gasteiger partial charge in [0.15, 0.2) is 5.78 Å². The molecule has 3 heterocycles. The number of tetrazole rings is 1. The normalized spacial score (nSPS) is 22.1.